The maximum Gasteiger partial charge on any atom is 0.404 e. The monoisotopic (exact) mass is 181 g/mol. The van der Waals surface area contributed by atoms with E-state index in [0.29, 0.717) is 6.42 Å². The summed E-state index contributed by atoms with van der Waals surface area (Å²) in [6.45, 7) is 0.187. The van der Waals surface area contributed by atoms with Crippen LogP contribution in [0.4, 0.5) is 4.79 Å². The highest BCUT2D eigenvalue weighted by atomic mass is 16.5. The van der Waals surface area contributed by atoms with Gasteiger partial charge < -0.3 is 15.6 Å². The molecule has 0 aliphatic rings. The summed E-state index contributed by atoms with van der Waals surface area (Å²) in [5.41, 5.74) is 5.51. The van der Waals surface area contributed by atoms with Gasteiger partial charge in [-0.25, -0.2) is 4.79 Å². The average Bonchev–Trinajstić information content (AvgIpc) is 2.08. The average molecular weight is 181 g/mol. The quantitative estimate of drug-likeness (QED) is 0.731. The van der Waals surface area contributed by atoms with Gasteiger partial charge in [0.15, 0.2) is 0 Å². The lowest BCUT2D eigenvalue weighted by Crippen LogP contribution is -2.14. The maximum absolute atomic E-state index is 10.2. The molecule has 0 spiro atoms. The number of para-hydroxylation sites is 1. The van der Waals surface area contributed by atoms with Gasteiger partial charge in [-0.05, 0) is 11.6 Å². The molecule has 0 saturated carbocycles. The molecule has 4 nitrogen and oxygen atoms in total. The molecule has 70 valence electrons. The van der Waals surface area contributed by atoms with Gasteiger partial charge in [-0.1, -0.05) is 18.2 Å². The second kappa shape index (κ2) is 4.35. The molecule has 3 N–H and O–H groups in total. The van der Waals surface area contributed by atoms with Crippen LogP contribution in [-0.4, -0.2) is 17.8 Å². The van der Waals surface area contributed by atoms with Gasteiger partial charge in [0.1, 0.15) is 5.75 Å². The second-order valence-electron chi connectivity index (χ2n) is 2.55. The topological polar surface area (TPSA) is 72.6 Å². The molecule has 0 unspecified atom stereocenters. The fourth-order valence-corrected chi connectivity index (χ4v) is 0.984. The van der Waals surface area contributed by atoms with Crippen molar-refractivity contribution < 1.29 is 14.6 Å². The first-order valence-electron chi connectivity index (χ1n) is 3.89. The number of carbonyl (C=O) groups excluding carboxylic acids is 1. The Morgan fingerprint density at radius 2 is 2.15 bits per heavy atom. The van der Waals surface area contributed by atoms with E-state index in [9.17, 15) is 9.90 Å². The summed E-state index contributed by atoms with van der Waals surface area (Å²) in [4.78, 5) is 10.2. The predicted molar refractivity (Wildman–Crippen MR) is 47.3 cm³/mol. The Labute approximate surface area is 75.9 Å². The SMILES string of the molecule is NC(=O)OCCc1ccccc1O. The summed E-state index contributed by atoms with van der Waals surface area (Å²) in [7, 11) is 0. The van der Waals surface area contributed by atoms with Crippen molar-refractivity contribution in [2.24, 2.45) is 5.73 Å². The van der Waals surface area contributed by atoms with Gasteiger partial charge in [0, 0.05) is 6.42 Å². The molecule has 0 heterocycles. The standard InChI is InChI=1S/C9H11NO3/c10-9(12)13-6-5-7-3-1-2-4-8(7)11/h1-4,11H,5-6H2,(H2,10,12). The number of nitrogens with two attached hydrogens (primary N) is 1. The molecule has 0 fully saturated rings. The minimum atomic E-state index is -0.796. The largest absolute Gasteiger partial charge is 0.508 e. The Bertz CT molecular complexity index is 299. The smallest absolute Gasteiger partial charge is 0.404 e. The molecule has 0 bridgehead atoms. The van der Waals surface area contributed by atoms with Crippen molar-refractivity contribution in [2.45, 2.75) is 6.42 Å². The highest BCUT2D eigenvalue weighted by Crippen LogP contribution is 2.15. The Morgan fingerprint density at radius 3 is 2.77 bits per heavy atom. The van der Waals surface area contributed by atoms with Crippen molar-refractivity contribution in [1.82, 2.24) is 0 Å². The number of aromatic hydroxyl groups is 1. The van der Waals surface area contributed by atoms with Crippen molar-refractivity contribution in [3.8, 4) is 5.75 Å². The van der Waals surface area contributed by atoms with Gasteiger partial charge in [0.25, 0.3) is 0 Å². The van der Waals surface area contributed by atoms with E-state index in [1.807, 2.05) is 0 Å². The molecular weight excluding hydrogens is 170 g/mol. The van der Waals surface area contributed by atoms with Gasteiger partial charge in [-0.15, -0.1) is 0 Å². The third-order valence-corrected chi connectivity index (χ3v) is 1.61. The first-order valence-corrected chi connectivity index (χ1v) is 3.89. The lowest BCUT2D eigenvalue weighted by Gasteiger charge is -2.03. The lowest BCUT2D eigenvalue weighted by molar-refractivity contribution is 0.158. The second-order valence-corrected chi connectivity index (χ2v) is 2.55. The van der Waals surface area contributed by atoms with Crippen LogP contribution in [0, 0.1) is 0 Å². The number of hydrogen-bond donors (Lipinski definition) is 2. The number of benzene rings is 1. The molecule has 0 radical (unpaired) electrons. The molecule has 0 atom stereocenters. The van der Waals surface area contributed by atoms with E-state index in [2.05, 4.69) is 4.74 Å². The van der Waals surface area contributed by atoms with Crippen LogP contribution in [0.2, 0.25) is 0 Å². The van der Waals surface area contributed by atoms with Gasteiger partial charge in [-0.3, -0.25) is 0 Å². The molecule has 1 aromatic carbocycles. The third-order valence-electron chi connectivity index (χ3n) is 1.61. The van der Waals surface area contributed by atoms with E-state index in [1.54, 1.807) is 24.3 Å². The minimum Gasteiger partial charge on any atom is -0.508 e. The van der Waals surface area contributed by atoms with Crippen LogP contribution in [0.1, 0.15) is 5.56 Å². The predicted octanol–water partition coefficient (Wildman–Crippen LogP) is 1.03. The summed E-state index contributed by atoms with van der Waals surface area (Å²) < 4.78 is 4.53. The summed E-state index contributed by atoms with van der Waals surface area (Å²) in [6, 6.07) is 6.88. The number of hydrogen-bond acceptors (Lipinski definition) is 3. The van der Waals surface area contributed by atoms with Crippen LogP contribution < -0.4 is 5.73 Å². The van der Waals surface area contributed by atoms with E-state index < -0.39 is 6.09 Å². The molecule has 1 aromatic rings. The van der Waals surface area contributed by atoms with Gasteiger partial charge in [0.05, 0.1) is 6.61 Å². The molecular formula is C9H11NO3. The zero-order chi connectivity index (χ0) is 9.68. The number of ether oxygens (including phenoxy) is 1. The van der Waals surface area contributed by atoms with E-state index in [0.717, 1.165) is 5.56 Å². The van der Waals surface area contributed by atoms with Gasteiger partial charge in [-0.2, -0.15) is 0 Å². The zero-order valence-electron chi connectivity index (χ0n) is 7.06. The van der Waals surface area contributed by atoms with Crippen LogP contribution in [-0.2, 0) is 11.2 Å². The number of primary amides is 1. The first-order chi connectivity index (χ1) is 6.20. The van der Waals surface area contributed by atoms with Crippen molar-refractivity contribution in [3.63, 3.8) is 0 Å². The fraction of sp³-hybridized carbons (Fsp3) is 0.222. The van der Waals surface area contributed by atoms with Crippen LogP contribution in [0.5, 0.6) is 5.75 Å². The minimum absolute atomic E-state index is 0.187. The van der Waals surface area contributed by atoms with Gasteiger partial charge >= 0.3 is 6.09 Å². The van der Waals surface area contributed by atoms with Crippen LogP contribution in [0.3, 0.4) is 0 Å². The van der Waals surface area contributed by atoms with Crippen LogP contribution >= 0.6 is 0 Å². The number of amides is 1. The fourth-order valence-electron chi connectivity index (χ4n) is 0.984. The molecule has 0 aromatic heterocycles. The van der Waals surface area contributed by atoms with Gasteiger partial charge in [0.2, 0.25) is 0 Å². The van der Waals surface area contributed by atoms with E-state index >= 15 is 0 Å². The Kier molecular flexibility index (Phi) is 3.14. The van der Waals surface area contributed by atoms with E-state index in [-0.39, 0.29) is 12.4 Å². The van der Waals surface area contributed by atoms with Crippen LogP contribution in [0.25, 0.3) is 0 Å². The number of rotatable bonds is 3. The number of phenols is 1. The molecule has 0 aliphatic heterocycles. The first kappa shape index (κ1) is 9.38. The zero-order valence-corrected chi connectivity index (χ0v) is 7.06. The number of carbonyl (C=O) groups is 1. The van der Waals surface area contributed by atoms with E-state index in [1.165, 1.54) is 0 Å². The lowest BCUT2D eigenvalue weighted by atomic mass is 10.1. The van der Waals surface area contributed by atoms with Crippen molar-refractivity contribution in [3.05, 3.63) is 29.8 Å². The van der Waals surface area contributed by atoms with Crippen molar-refractivity contribution in [1.29, 1.82) is 0 Å². The Hall–Kier alpha value is -1.71. The highest BCUT2D eigenvalue weighted by Gasteiger charge is 2.00. The summed E-state index contributed by atoms with van der Waals surface area (Å²) in [5, 5.41) is 9.30. The molecule has 4 heteroatoms. The third kappa shape index (κ3) is 3.02. The molecule has 1 rings (SSSR count). The van der Waals surface area contributed by atoms with Crippen molar-refractivity contribution in [2.75, 3.05) is 6.61 Å². The molecule has 0 aliphatic carbocycles. The normalized spacial score (nSPS) is 9.54. The summed E-state index contributed by atoms with van der Waals surface area (Å²) in [5.74, 6) is 0.204. The van der Waals surface area contributed by atoms with Crippen molar-refractivity contribution >= 4 is 6.09 Å². The van der Waals surface area contributed by atoms with E-state index in [4.69, 9.17) is 5.73 Å². The molecule has 1 amide bonds. The Balaban J connectivity index is 2.45. The summed E-state index contributed by atoms with van der Waals surface area (Å²) >= 11 is 0. The number of phenolic OH excluding ortho intramolecular Hbond substituents is 1. The maximum atomic E-state index is 10.2. The summed E-state index contributed by atoms with van der Waals surface area (Å²) in [6.07, 6.45) is -0.328. The molecule has 0 saturated heterocycles. The Morgan fingerprint density at radius 1 is 1.46 bits per heavy atom. The highest BCUT2D eigenvalue weighted by molar-refractivity contribution is 5.64. The van der Waals surface area contributed by atoms with Crippen LogP contribution in [0.15, 0.2) is 24.3 Å². The molecule has 13 heavy (non-hydrogen) atoms.